The fraction of sp³-hybridized carbons (Fsp3) is 0.182. The maximum absolute atomic E-state index is 12.6. The summed E-state index contributed by atoms with van der Waals surface area (Å²) in [6, 6.07) is 20.9. The first-order valence-corrected chi connectivity index (χ1v) is 9.21. The number of amides is 1. The van der Waals surface area contributed by atoms with E-state index in [1.165, 1.54) is 0 Å². The molecule has 3 aromatic rings. The van der Waals surface area contributed by atoms with Gasteiger partial charge in [0.1, 0.15) is 17.2 Å². The van der Waals surface area contributed by atoms with Gasteiger partial charge in [0.2, 0.25) is 0 Å². The fourth-order valence-electron chi connectivity index (χ4n) is 2.95. The summed E-state index contributed by atoms with van der Waals surface area (Å²) in [5.41, 5.74) is 2.13. The molecule has 0 aliphatic carbocycles. The summed E-state index contributed by atoms with van der Waals surface area (Å²) >= 11 is 0. The van der Waals surface area contributed by atoms with E-state index < -0.39 is 0 Å². The van der Waals surface area contributed by atoms with Crippen LogP contribution in [0.3, 0.4) is 0 Å². The van der Waals surface area contributed by atoms with Gasteiger partial charge in [-0.1, -0.05) is 18.2 Å². The zero-order valence-electron chi connectivity index (χ0n) is 15.4. The highest BCUT2D eigenvalue weighted by Crippen LogP contribution is 2.24. The molecule has 6 nitrogen and oxygen atoms in total. The van der Waals surface area contributed by atoms with E-state index >= 15 is 0 Å². The number of ether oxygens (including phenoxy) is 2. The van der Waals surface area contributed by atoms with Crippen molar-refractivity contribution in [2.75, 3.05) is 31.6 Å². The molecule has 1 amide bonds. The Hall–Kier alpha value is -3.38. The Balaban J connectivity index is 1.42. The maximum atomic E-state index is 12.6. The predicted octanol–water partition coefficient (Wildman–Crippen LogP) is 4.09. The monoisotopic (exact) mass is 375 g/mol. The van der Waals surface area contributed by atoms with E-state index in [9.17, 15) is 4.79 Å². The minimum atomic E-state index is -0.0708. The van der Waals surface area contributed by atoms with E-state index in [2.05, 4.69) is 10.3 Å². The van der Waals surface area contributed by atoms with E-state index in [-0.39, 0.29) is 5.91 Å². The summed E-state index contributed by atoms with van der Waals surface area (Å²) < 4.78 is 11.1. The molecule has 2 heterocycles. The quantitative estimate of drug-likeness (QED) is 0.728. The van der Waals surface area contributed by atoms with Crippen LogP contribution in [-0.2, 0) is 4.74 Å². The van der Waals surface area contributed by atoms with Crippen molar-refractivity contribution in [1.82, 2.24) is 9.88 Å². The van der Waals surface area contributed by atoms with Gasteiger partial charge in [0.15, 0.2) is 0 Å². The van der Waals surface area contributed by atoms with Crippen molar-refractivity contribution < 1.29 is 14.3 Å². The summed E-state index contributed by atoms with van der Waals surface area (Å²) in [7, 11) is 0. The van der Waals surface area contributed by atoms with E-state index in [1.54, 1.807) is 17.2 Å². The van der Waals surface area contributed by atoms with E-state index in [0.29, 0.717) is 32.0 Å². The average molecular weight is 375 g/mol. The van der Waals surface area contributed by atoms with Gasteiger partial charge < -0.3 is 19.7 Å². The number of carbonyl (C=O) groups is 1. The third kappa shape index (κ3) is 4.47. The SMILES string of the molecule is O=C(c1cc(Nc2ccc(Oc3ccccc3)cc2)ccn1)N1CCOCC1. The van der Waals surface area contributed by atoms with E-state index in [4.69, 9.17) is 9.47 Å². The highest BCUT2D eigenvalue weighted by molar-refractivity contribution is 5.93. The summed E-state index contributed by atoms with van der Waals surface area (Å²) in [6.07, 6.45) is 1.64. The van der Waals surface area contributed by atoms with Crippen LogP contribution in [0, 0.1) is 0 Å². The second-order valence-electron chi connectivity index (χ2n) is 6.40. The van der Waals surface area contributed by atoms with Gasteiger partial charge in [-0.3, -0.25) is 9.78 Å². The molecule has 6 heteroatoms. The van der Waals surface area contributed by atoms with Gasteiger partial charge in [0.25, 0.3) is 5.91 Å². The van der Waals surface area contributed by atoms with Crippen molar-refractivity contribution in [3.8, 4) is 11.5 Å². The molecule has 28 heavy (non-hydrogen) atoms. The first-order valence-electron chi connectivity index (χ1n) is 9.21. The van der Waals surface area contributed by atoms with Crippen LogP contribution in [0.25, 0.3) is 0 Å². The molecule has 4 rings (SSSR count). The zero-order valence-corrected chi connectivity index (χ0v) is 15.4. The number of nitrogens with one attached hydrogen (secondary N) is 1. The van der Waals surface area contributed by atoms with E-state index in [0.717, 1.165) is 22.9 Å². The number of aromatic nitrogens is 1. The molecule has 0 spiro atoms. The van der Waals surface area contributed by atoms with Crippen LogP contribution in [0.15, 0.2) is 72.9 Å². The third-order valence-corrected chi connectivity index (χ3v) is 4.40. The Morgan fingerprint density at radius 1 is 0.929 bits per heavy atom. The van der Waals surface area contributed by atoms with Gasteiger partial charge in [0.05, 0.1) is 13.2 Å². The lowest BCUT2D eigenvalue weighted by molar-refractivity contribution is 0.0299. The predicted molar refractivity (Wildman–Crippen MR) is 107 cm³/mol. The van der Waals surface area contributed by atoms with Gasteiger partial charge in [-0.2, -0.15) is 0 Å². The van der Waals surface area contributed by atoms with Crippen molar-refractivity contribution in [1.29, 1.82) is 0 Å². The second kappa shape index (κ2) is 8.54. The van der Waals surface area contributed by atoms with Gasteiger partial charge in [-0.25, -0.2) is 0 Å². The minimum Gasteiger partial charge on any atom is -0.457 e. The molecule has 1 N–H and O–H groups in total. The summed E-state index contributed by atoms with van der Waals surface area (Å²) in [6.45, 7) is 2.34. The van der Waals surface area contributed by atoms with Crippen molar-refractivity contribution in [3.05, 3.63) is 78.6 Å². The van der Waals surface area contributed by atoms with Crippen LogP contribution < -0.4 is 10.1 Å². The summed E-state index contributed by atoms with van der Waals surface area (Å²) in [5, 5.41) is 3.30. The maximum Gasteiger partial charge on any atom is 0.272 e. The van der Waals surface area contributed by atoms with Crippen LogP contribution >= 0.6 is 0 Å². The average Bonchev–Trinajstić information content (AvgIpc) is 2.76. The molecule has 2 aromatic carbocycles. The van der Waals surface area contributed by atoms with Crippen molar-refractivity contribution in [2.45, 2.75) is 0 Å². The third-order valence-electron chi connectivity index (χ3n) is 4.40. The molecule has 0 atom stereocenters. The number of morpholine rings is 1. The number of hydrogen-bond acceptors (Lipinski definition) is 5. The smallest absolute Gasteiger partial charge is 0.272 e. The lowest BCUT2D eigenvalue weighted by Crippen LogP contribution is -2.41. The first-order chi connectivity index (χ1) is 13.8. The highest BCUT2D eigenvalue weighted by Gasteiger charge is 2.19. The van der Waals surface area contributed by atoms with Gasteiger partial charge >= 0.3 is 0 Å². The Bertz CT molecular complexity index is 923. The van der Waals surface area contributed by atoms with Crippen LogP contribution in [0.1, 0.15) is 10.5 Å². The van der Waals surface area contributed by atoms with E-state index in [1.807, 2.05) is 60.7 Å². The molecule has 0 unspecified atom stereocenters. The fourth-order valence-corrected chi connectivity index (χ4v) is 2.95. The lowest BCUT2D eigenvalue weighted by atomic mass is 10.2. The molecule has 1 aromatic heterocycles. The molecular weight excluding hydrogens is 354 g/mol. The van der Waals surface area contributed by atoms with Crippen LogP contribution in [0.4, 0.5) is 11.4 Å². The summed E-state index contributed by atoms with van der Waals surface area (Å²) in [5.74, 6) is 1.48. The normalized spacial score (nSPS) is 13.8. The van der Waals surface area contributed by atoms with Crippen molar-refractivity contribution in [2.24, 2.45) is 0 Å². The van der Waals surface area contributed by atoms with Gasteiger partial charge in [-0.15, -0.1) is 0 Å². The highest BCUT2D eigenvalue weighted by atomic mass is 16.5. The largest absolute Gasteiger partial charge is 0.457 e. The Morgan fingerprint density at radius 3 is 2.39 bits per heavy atom. The number of anilines is 2. The number of pyridine rings is 1. The topological polar surface area (TPSA) is 63.7 Å². The molecule has 0 radical (unpaired) electrons. The number of rotatable bonds is 5. The molecule has 142 valence electrons. The Morgan fingerprint density at radius 2 is 1.64 bits per heavy atom. The number of carbonyl (C=O) groups excluding carboxylic acids is 1. The van der Waals surface area contributed by atoms with Gasteiger partial charge in [-0.05, 0) is 48.5 Å². The molecular formula is C22H21N3O3. The Labute approximate surface area is 163 Å². The number of benzene rings is 2. The number of hydrogen-bond donors (Lipinski definition) is 1. The second-order valence-corrected chi connectivity index (χ2v) is 6.40. The van der Waals surface area contributed by atoms with Crippen LogP contribution in [0.2, 0.25) is 0 Å². The molecule has 1 saturated heterocycles. The van der Waals surface area contributed by atoms with Crippen molar-refractivity contribution >= 4 is 17.3 Å². The molecule has 0 saturated carbocycles. The minimum absolute atomic E-state index is 0.0708. The van der Waals surface area contributed by atoms with Crippen LogP contribution in [-0.4, -0.2) is 42.1 Å². The molecule has 1 aliphatic heterocycles. The molecule has 0 bridgehead atoms. The standard InChI is InChI=1S/C22H21N3O3/c26-22(25-12-14-27-15-13-25)21-16-18(10-11-23-21)24-17-6-8-20(9-7-17)28-19-4-2-1-3-5-19/h1-11,16H,12-15H2,(H,23,24). The van der Waals surface area contributed by atoms with Crippen molar-refractivity contribution in [3.63, 3.8) is 0 Å². The number of nitrogens with zero attached hydrogens (tertiary/aromatic N) is 2. The zero-order chi connectivity index (χ0) is 19.2. The molecule has 1 fully saturated rings. The van der Waals surface area contributed by atoms with Gasteiger partial charge in [0, 0.05) is 30.7 Å². The lowest BCUT2D eigenvalue weighted by Gasteiger charge is -2.26. The molecule has 1 aliphatic rings. The van der Waals surface area contributed by atoms with Crippen LogP contribution in [0.5, 0.6) is 11.5 Å². The summed E-state index contributed by atoms with van der Waals surface area (Å²) in [4.78, 5) is 18.6. The first kappa shape index (κ1) is 18.0. The number of para-hydroxylation sites is 1. The Kier molecular flexibility index (Phi) is 5.49.